The molecule has 1 heterocycles. The Labute approximate surface area is 186 Å². The summed E-state index contributed by atoms with van der Waals surface area (Å²) in [5.74, 6) is -4.11. The Hall–Kier alpha value is -3.63. The molecule has 1 unspecified atom stereocenters. The van der Waals surface area contributed by atoms with E-state index >= 15 is 0 Å². The van der Waals surface area contributed by atoms with Gasteiger partial charge >= 0.3 is 18.1 Å². The van der Waals surface area contributed by atoms with E-state index in [-0.39, 0.29) is 5.56 Å². The van der Waals surface area contributed by atoms with Gasteiger partial charge in [-0.15, -0.1) is 0 Å². The number of nitrogens with one attached hydrogen (secondary N) is 1. The summed E-state index contributed by atoms with van der Waals surface area (Å²) in [7, 11) is 0. The van der Waals surface area contributed by atoms with Crippen LogP contribution in [0, 0.1) is 11.7 Å². The maximum Gasteiger partial charge on any atom is 0.490 e. The van der Waals surface area contributed by atoms with Gasteiger partial charge in [0.05, 0.1) is 11.3 Å². The number of hydrogen-bond acceptors (Lipinski definition) is 4. The molecule has 1 atom stereocenters. The second-order valence-electron chi connectivity index (χ2n) is 7.49. The molecule has 7 nitrogen and oxygen atoms in total. The fourth-order valence-electron chi connectivity index (χ4n) is 3.27. The van der Waals surface area contributed by atoms with Crippen LogP contribution < -0.4 is 10.2 Å². The zero-order valence-electron chi connectivity index (χ0n) is 17.5. The Balaban J connectivity index is 0.000000479. The average Bonchev–Trinajstić information content (AvgIpc) is 2.74. The Bertz CT molecular complexity index is 1010. The molecule has 0 aromatic heterocycles. The molecule has 1 saturated heterocycles. The molecule has 1 fully saturated rings. The van der Waals surface area contributed by atoms with Crippen molar-refractivity contribution in [1.29, 1.82) is 0 Å². The molecular weight excluding hydrogens is 448 g/mol. The van der Waals surface area contributed by atoms with E-state index in [0.717, 1.165) is 25.9 Å². The van der Waals surface area contributed by atoms with Gasteiger partial charge < -0.3 is 20.4 Å². The average molecular weight is 470 g/mol. The van der Waals surface area contributed by atoms with Gasteiger partial charge in [0, 0.05) is 24.3 Å². The van der Waals surface area contributed by atoms with Crippen LogP contribution in [-0.4, -0.2) is 47.3 Å². The van der Waals surface area contributed by atoms with Gasteiger partial charge in [-0.05, 0) is 61.2 Å². The van der Waals surface area contributed by atoms with E-state index in [9.17, 15) is 32.3 Å². The minimum atomic E-state index is -5.08. The second-order valence-corrected chi connectivity index (χ2v) is 7.49. The number of carbonyl (C=O) groups is 3. The minimum Gasteiger partial charge on any atom is -0.478 e. The van der Waals surface area contributed by atoms with Gasteiger partial charge in [0.15, 0.2) is 0 Å². The van der Waals surface area contributed by atoms with Crippen molar-refractivity contribution in [3.05, 3.63) is 59.4 Å². The van der Waals surface area contributed by atoms with Crippen molar-refractivity contribution < 1.29 is 42.2 Å². The van der Waals surface area contributed by atoms with Crippen molar-refractivity contribution in [1.82, 2.24) is 0 Å². The number of hydrogen-bond donors (Lipinski definition) is 3. The molecule has 2 aromatic rings. The van der Waals surface area contributed by atoms with Crippen LogP contribution in [0.4, 0.5) is 28.9 Å². The fraction of sp³-hybridized carbons (Fsp3) is 0.318. The zero-order chi connectivity index (χ0) is 24.8. The van der Waals surface area contributed by atoms with Crippen LogP contribution in [0.15, 0.2) is 42.5 Å². The molecule has 1 aliphatic rings. The number of carbonyl (C=O) groups excluding carboxylic acids is 1. The van der Waals surface area contributed by atoms with Crippen LogP contribution in [0.5, 0.6) is 0 Å². The first-order valence-electron chi connectivity index (χ1n) is 9.87. The molecule has 2 aromatic carbocycles. The van der Waals surface area contributed by atoms with Gasteiger partial charge in [-0.1, -0.05) is 6.92 Å². The van der Waals surface area contributed by atoms with Crippen LogP contribution >= 0.6 is 0 Å². The van der Waals surface area contributed by atoms with E-state index in [1.165, 1.54) is 30.3 Å². The van der Waals surface area contributed by atoms with E-state index in [2.05, 4.69) is 17.1 Å². The van der Waals surface area contributed by atoms with Crippen LogP contribution in [0.2, 0.25) is 0 Å². The predicted molar refractivity (Wildman–Crippen MR) is 112 cm³/mol. The highest BCUT2D eigenvalue weighted by molar-refractivity contribution is 6.05. The van der Waals surface area contributed by atoms with Crippen molar-refractivity contribution in [2.75, 3.05) is 23.3 Å². The number of amides is 1. The van der Waals surface area contributed by atoms with Crippen LogP contribution in [0.3, 0.4) is 0 Å². The van der Waals surface area contributed by atoms with Crippen molar-refractivity contribution in [3.8, 4) is 0 Å². The lowest BCUT2D eigenvalue weighted by Gasteiger charge is -2.33. The normalized spacial score (nSPS) is 15.8. The molecule has 1 amide bonds. The van der Waals surface area contributed by atoms with Crippen LogP contribution in [0.25, 0.3) is 0 Å². The maximum atomic E-state index is 13.0. The standard InChI is InChI=1S/C20H21FN2O3.C2HF3O2/c1-13-3-2-10-23(12-13)18-9-8-16(11-17(18)20(25)26)22-19(24)14-4-6-15(21)7-5-14;3-2(4,5)1(6)7/h4-9,11,13H,2-3,10,12H2,1H3,(H,22,24)(H,25,26);(H,6,7). The third-order valence-electron chi connectivity index (χ3n) is 4.83. The number of carboxylic acids is 2. The molecule has 0 saturated carbocycles. The zero-order valence-corrected chi connectivity index (χ0v) is 17.5. The quantitative estimate of drug-likeness (QED) is 0.562. The molecule has 11 heteroatoms. The van der Waals surface area contributed by atoms with Gasteiger partial charge in [0.25, 0.3) is 5.91 Å². The van der Waals surface area contributed by atoms with E-state index < -0.39 is 29.8 Å². The third kappa shape index (κ3) is 7.48. The Kier molecular flexibility index (Phi) is 8.38. The van der Waals surface area contributed by atoms with Crippen molar-refractivity contribution in [2.24, 2.45) is 5.92 Å². The molecule has 3 rings (SSSR count). The highest BCUT2D eigenvalue weighted by Gasteiger charge is 2.38. The van der Waals surface area contributed by atoms with E-state index in [4.69, 9.17) is 9.90 Å². The monoisotopic (exact) mass is 470 g/mol. The van der Waals surface area contributed by atoms with Crippen LogP contribution in [0.1, 0.15) is 40.5 Å². The first-order valence-corrected chi connectivity index (χ1v) is 9.87. The molecule has 178 valence electrons. The van der Waals surface area contributed by atoms with E-state index in [0.29, 0.717) is 22.9 Å². The number of benzene rings is 2. The smallest absolute Gasteiger partial charge is 0.478 e. The number of alkyl halides is 3. The van der Waals surface area contributed by atoms with Gasteiger partial charge in [0.2, 0.25) is 0 Å². The lowest BCUT2D eigenvalue weighted by atomic mass is 9.98. The number of carboxylic acid groups (broad SMARTS) is 2. The lowest BCUT2D eigenvalue weighted by Crippen LogP contribution is -2.35. The summed E-state index contributed by atoms with van der Waals surface area (Å²) < 4.78 is 44.7. The molecule has 33 heavy (non-hydrogen) atoms. The van der Waals surface area contributed by atoms with Crippen LogP contribution in [-0.2, 0) is 4.79 Å². The van der Waals surface area contributed by atoms with Gasteiger partial charge in [-0.2, -0.15) is 13.2 Å². The van der Waals surface area contributed by atoms with E-state index in [1.54, 1.807) is 12.1 Å². The number of aliphatic carboxylic acids is 1. The summed E-state index contributed by atoms with van der Waals surface area (Å²) in [5.41, 5.74) is 1.53. The van der Waals surface area contributed by atoms with Crippen molar-refractivity contribution >= 4 is 29.2 Å². The highest BCUT2D eigenvalue weighted by atomic mass is 19.4. The van der Waals surface area contributed by atoms with E-state index in [1.807, 2.05) is 0 Å². The first kappa shape index (κ1) is 25.6. The van der Waals surface area contributed by atoms with Crippen molar-refractivity contribution in [2.45, 2.75) is 25.9 Å². The summed E-state index contributed by atoms with van der Waals surface area (Å²) in [6.07, 6.45) is -2.91. The summed E-state index contributed by atoms with van der Waals surface area (Å²) in [5, 5.41) is 19.4. The van der Waals surface area contributed by atoms with Crippen molar-refractivity contribution in [3.63, 3.8) is 0 Å². The third-order valence-corrected chi connectivity index (χ3v) is 4.83. The second kappa shape index (κ2) is 10.8. The Morgan fingerprint density at radius 2 is 1.67 bits per heavy atom. The largest absolute Gasteiger partial charge is 0.490 e. The number of halogens is 4. The molecule has 3 N–H and O–H groups in total. The molecule has 0 aliphatic carbocycles. The minimum absolute atomic E-state index is 0.163. The summed E-state index contributed by atoms with van der Waals surface area (Å²) in [4.78, 5) is 34.9. The predicted octanol–water partition coefficient (Wildman–Crippen LogP) is 4.65. The molecular formula is C22H22F4N2O5. The SMILES string of the molecule is CC1CCCN(c2ccc(NC(=O)c3ccc(F)cc3)cc2C(=O)O)C1.O=C(O)C(F)(F)F. The Morgan fingerprint density at radius 1 is 1.06 bits per heavy atom. The number of anilines is 2. The van der Waals surface area contributed by atoms with Gasteiger partial charge in [-0.3, -0.25) is 4.79 Å². The molecule has 0 radical (unpaired) electrons. The molecule has 0 spiro atoms. The first-order chi connectivity index (χ1) is 15.4. The fourth-order valence-corrected chi connectivity index (χ4v) is 3.27. The maximum absolute atomic E-state index is 13.0. The summed E-state index contributed by atoms with van der Waals surface area (Å²) in [6.45, 7) is 3.80. The lowest BCUT2D eigenvalue weighted by molar-refractivity contribution is -0.192. The van der Waals surface area contributed by atoms with Gasteiger partial charge in [0.1, 0.15) is 5.82 Å². The number of aromatic carboxylic acids is 1. The summed E-state index contributed by atoms with van der Waals surface area (Å²) >= 11 is 0. The highest BCUT2D eigenvalue weighted by Crippen LogP contribution is 2.29. The summed E-state index contributed by atoms with van der Waals surface area (Å²) in [6, 6.07) is 10.1. The van der Waals surface area contributed by atoms with Gasteiger partial charge in [-0.25, -0.2) is 14.0 Å². The number of piperidine rings is 1. The topological polar surface area (TPSA) is 107 Å². The number of rotatable bonds is 4. The molecule has 1 aliphatic heterocycles. The Morgan fingerprint density at radius 3 is 2.18 bits per heavy atom. The number of nitrogens with zero attached hydrogens (tertiary/aromatic N) is 1. The molecule has 0 bridgehead atoms.